The summed E-state index contributed by atoms with van der Waals surface area (Å²) in [5, 5.41) is 3.67. The third kappa shape index (κ3) is 6.22. The molecule has 0 aliphatic carbocycles. The van der Waals surface area contributed by atoms with Crippen molar-refractivity contribution in [1.29, 1.82) is 0 Å². The molecular formula is C16H30N2O4. The van der Waals surface area contributed by atoms with Crippen LogP contribution in [0.4, 0.5) is 4.79 Å². The molecule has 1 atom stereocenters. The van der Waals surface area contributed by atoms with E-state index in [2.05, 4.69) is 13.8 Å². The maximum absolute atomic E-state index is 12.4. The van der Waals surface area contributed by atoms with E-state index in [0.717, 1.165) is 25.8 Å². The van der Waals surface area contributed by atoms with Crippen molar-refractivity contribution in [2.45, 2.75) is 72.6 Å². The van der Waals surface area contributed by atoms with Crippen LogP contribution in [0.1, 0.15) is 60.3 Å². The number of nitrogens with zero attached hydrogens (tertiary/aromatic N) is 2. The zero-order valence-electron chi connectivity index (χ0n) is 14.5. The van der Waals surface area contributed by atoms with E-state index in [1.54, 1.807) is 11.9 Å². The molecule has 1 rings (SSSR count). The molecule has 0 aromatic heterocycles. The molecule has 6 heteroatoms. The first kappa shape index (κ1) is 18.7. The van der Waals surface area contributed by atoms with Crippen LogP contribution in [-0.2, 0) is 14.3 Å². The summed E-state index contributed by atoms with van der Waals surface area (Å²) in [6, 6.07) is 0.226. The van der Waals surface area contributed by atoms with Crippen LogP contribution in [0, 0.1) is 5.92 Å². The van der Waals surface area contributed by atoms with Crippen molar-refractivity contribution in [3.05, 3.63) is 0 Å². The van der Waals surface area contributed by atoms with Gasteiger partial charge in [-0.1, -0.05) is 20.3 Å². The number of carbonyl (C=O) groups excluding carboxylic acids is 2. The molecule has 1 amide bonds. The highest BCUT2D eigenvalue weighted by Gasteiger charge is 2.28. The molecule has 1 heterocycles. The zero-order valence-corrected chi connectivity index (χ0v) is 14.5. The maximum atomic E-state index is 12.4. The number of hydrogen-bond donors (Lipinski definition) is 0. The minimum atomic E-state index is -0.865. The standard InChI is InChI=1S/C16H30N2O4/c1-12(2)11-15(19)21-14(5)22-16(20)18-10-8-6-7-9-17(18)13(3)4/h12-14H,6-11H2,1-5H3. The van der Waals surface area contributed by atoms with Crippen LogP contribution in [0.25, 0.3) is 0 Å². The molecule has 0 aromatic carbocycles. The van der Waals surface area contributed by atoms with Gasteiger partial charge in [-0.3, -0.25) is 4.79 Å². The van der Waals surface area contributed by atoms with Crippen molar-refractivity contribution < 1.29 is 19.1 Å². The van der Waals surface area contributed by atoms with Gasteiger partial charge in [0.25, 0.3) is 0 Å². The summed E-state index contributed by atoms with van der Waals surface area (Å²) < 4.78 is 10.4. The van der Waals surface area contributed by atoms with Crippen LogP contribution in [0.2, 0.25) is 0 Å². The van der Waals surface area contributed by atoms with Gasteiger partial charge >= 0.3 is 12.1 Å². The summed E-state index contributed by atoms with van der Waals surface area (Å²) in [6.07, 6.45) is 2.15. The van der Waals surface area contributed by atoms with E-state index in [9.17, 15) is 9.59 Å². The van der Waals surface area contributed by atoms with E-state index in [1.807, 2.05) is 18.9 Å². The largest absolute Gasteiger partial charge is 0.427 e. The monoisotopic (exact) mass is 314 g/mol. The first-order valence-corrected chi connectivity index (χ1v) is 8.25. The second-order valence-corrected chi connectivity index (χ2v) is 6.48. The summed E-state index contributed by atoms with van der Waals surface area (Å²) in [4.78, 5) is 24.0. The van der Waals surface area contributed by atoms with Crippen LogP contribution in [-0.4, -0.2) is 47.5 Å². The molecule has 0 radical (unpaired) electrons. The first-order valence-electron chi connectivity index (χ1n) is 8.25. The summed E-state index contributed by atoms with van der Waals surface area (Å²) in [7, 11) is 0. The molecule has 22 heavy (non-hydrogen) atoms. The highest BCUT2D eigenvalue weighted by molar-refractivity contribution is 5.70. The SMILES string of the molecule is CC(C)CC(=O)OC(C)OC(=O)N1CCCCCN1C(C)C. The Morgan fingerprint density at radius 2 is 1.59 bits per heavy atom. The Balaban J connectivity index is 2.55. The fourth-order valence-corrected chi connectivity index (χ4v) is 2.49. The van der Waals surface area contributed by atoms with Crippen molar-refractivity contribution in [1.82, 2.24) is 10.0 Å². The van der Waals surface area contributed by atoms with Gasteiger partial charge in [-0.15, -0.1) is 0 Å². The van der Waals surface area contributed by atoms with E-state index in [0.29, 0.717) is 13.0 Å². The van der Waals surface area contributed by atoms with Crippen LogP contribution >= 0.6 is 0 Å². The lowest BCUT2D eigenvalue weighted by atomic mass is 10.1. The molecule has 1 aliphatic rings. The number of carbonyl (C=O) groups is 2. The highest BCUT2D eigenvalue weighted by atomic mass is 16.7. The third-order valence-corrected chi connectivity index (χ3v) is 3.51. The predicted octanol–water partition coefficient (Wildman–Crippen LogP) is 3.17. The van der Waals surface area contributed by atoms with Crippen LogP contribution in [0.15, 0.2) is 0 Å². The molecular weight excluding hydrogens is 284 g/mol. The van der Waals surface area contributed by atoms with Crippen LogP contribution in [0.5, 0.6) is 0 Å². The Kier molecular flexibility index (Phi) is 7.65. The average Bonchev–Trinajstić information content (AvgIpc) is 2.62. The second kappa shape index (κ2) is 8.98. The van der Waals surface area contributed by atoms with E-state index in [1.165, 1.54) is 0 Å². The molecule has 0 bridgehead atoms. The van der Waals surface area contributed by atoms with E-state index in [4.69, 9.17) is 9.47 Å². The summed E-state index contributed by atoms with van der Waals surface area (Å²) in [6.45, 7) is 11.0. The lowest BCUT2D eigenvalue weighted by Crippen LogP contribution is -2.50. The Hall–Kier alpha value is -1.30. The summed E-state index contributed by atoms with van der Waals surface area (Å²) in [5.74, 6) is -0.121. The average molecular weight is 314 g/mol. The zero-order chi connectivity index (χ0) is 16.7. The molecule has 128 valence electrons. The quantitative estimate of drug-likeness (QED) is 0.576. The molecule has 1 unspecified atom stereocenters. The van der Waals surface area contributed by atoms with Gasteiger partial charge in [-0.25, -0.2) is 14.8 Å². The molecule has 0 saturated carbocycles. The molecule has 1 fully saturated rings. The lowest BCUT2D eigenvalue weighted by molar-refractivity contribution is -0.170. The normalized spacial score (nSPS) is 18.2. The maximum Gasteiger partial charge on any atom is 0.427 e. The molecule has 0 N–H and O–H groups in total. The van der Waals surface area contributed by atoms with Crippen molar-refractivity contribution in [2.24, 2.45) is 5.92 Å². The third-order valence-electron chi connectivity index (χ3n) is 3.51. The van der Waals surface area contributed by atoms with Gasteiger partial charge in [0.2, 0.25) is 6.29 Å². The molecule has 1 aliphatic heterocycles. The number of amides is 1. The Bertz CT molecular complexity index is 371. The Morgan fingerprint density at radius 3 is 2.18 bits per heavy atom. The van der Waals surface area contributed by atoms with Crippen LogP contribution in [0.3, 0.4) is 0 Å². The number of hydrogen-bond acceptors (Lipinski definition) is 5. The Morgan fingerprint density at radius 1 is 0.955 bits per heavy atom. The van der Waals surface area contributed by atoms with Crippen molar-refractivity contribution in [3.63, 3.8) is 0 Å². The molecule has 0 spiro atoms. The smallest absolute Gasteiger partial charge is 0.425 e. The molecule has 1 saturated heterocycles. The van der Waals surface area contributed by atoms with Gasteiger partial charge < -0.3 is 9.47 Å². The van der Waals surface area contributed by atoms with Gasteiger partial charge in [0, 0.05) is 32.5 Å². The van der Waals surface area contributed by atoms with Crippen molar-refractivity contribution in [2.75, 3.05) is 13.1 Å². The van der Waals surface area contributed by atoms with Gasteiger partial charge in [-0.2, -0.15) is 0 Å². The molecule has 0 aromatic rings. The number of rotatable bonds is 5. The van der Waals surface area contributed by atoms with Crippen molar-refractivity contribution in [3.8, 4) is 0 Å². The van der Waals surface area contributed by atoms with Gasteiger partial charge in [-0.05, 0) is 32.6 Å². The molecule has 6 nitrogen and oxygen atoms in total. The number of ether oxygens (including phenoxy) is 2. The first-order chi connectivity index (χ1) is 10.3. The van der Waals surface area contributed by atoms with E-state index >= 15 is 0 Å². The summed E-state index contributed by atoms with van der Waals surface area (Å²) >= 11 is 0. The Labute approximate surface area is 133 Å². The van der Waals surface area contributed by atoms with Crippen LogP contribution < -0.4 is 0 Å². The van der Waals surface area contributed by atoms with Gasteiger partial charge in [0.1, 0.15) is 0 Å². The van der Waals surface area contributed by atoms with Gasteiger partial charge in [0.05, 0.1) is 0 Å². The minimum absolute atomic E-state index is 0.220. The number of hydrazine groups is 1. The number of esters is 1. The minimum Gasteiger partial charge on any atom is -0.425 e. The highest BCUT2D eigenvalue weighted by Crippen LogP contribution is 2.16. The van der Waals surface area contributed by atoms with Gasteiger partial charge in [0.15, 0.2) is 0 Å². The predicted molar refractivity (Wildman–Crippen MR) is 83.9 cm³/mol. The fraction of sp³-hybridized carbons (Fsp3) is 0.875. The van der Waals surface area contributed by atoms with E-state index < -0.39 is 12.4 Å². The lowest BCUT2D eigenvalue weighted by Gasteiger charge is -2.35. The summed E-state index contributed by atoms with van der Waals surface area (Å²) in [5.41, 5.74) is 0. The fourth-order valence-electron chi connectivity index (χ4n) is 2.49. The van der Waals surface area contributed by atoms with Crippen molar-refractivity contribution >= 4 is 12.1 Å². The topological polar surface area (TPSA) is 59.1 Å². The van der Waals surface area contributed by atoms with E-state index in [-0.39, 0.29) is 17.9 Å². The second-order valence-electron chi connectivity index (χ2n) is 6.48.